The zero-order chi connectivity index (χ0) is 14.8. The van der Waals surface area contributed by atoms with Crippen LogP contribution in [-0.4, -0.2) is 4.98 Å². The summed E-state index contributed by atoms with van der Waals surface area (Å²) in [5.41, 5.74) is 2.67. The van der Waals surface area contributed by atoms with Crippen LogP contribution in [0.15, 0.2) is 48.7 Å². The lowest BCUT2D eigenvalue weighted by Crippen LogP contribution is -2.00. The van der Waals surface area contributed by atoms with E-state index in [1.54, 1.807) is 18.3 Å². The van der Waals surface area contributed by atoms with Crippen molar-refractivity contribution in [2.24, 2.45) is 0 Å². The highest BCUT2D eigenvalue weighted by atomic mass is 35.5. The number of hydrogen-bond donors (Lipinski definition) is 1. The highest BCUT2D eigenvalue weighted by Crippen LogP contribution is 2.25. The van der Waals surface area contributed by atoms with Gasteiger partial charge in [0.05, 0.1) is 10.5 Å². The lowest BCUT2D eigenvalue weighted by molar-refractivity contribution is 0.627. The number of halogens is 3. The molecule has 1 N–H and O–H groups in total. The van der Waals surface area contributed by atoms with Crippen LogP contribution in [0.2, 0.25) is 10.0 Å². The average molecular weight is 321 g/mol. The van der Waals surface area contributed by atoms with Gasteiger partial charge in [0, 0.05) is 28.8 Å². The summed E-state index contributed by atoms with van der Waals surface area (Å²) in [5, 5.41) is 5.06. The Morgan fingerprint density at radius 2 is 1.90 bits per heavy atom. The van der Waals surface area contributed by atoms with Crippen LogP contribution < -0.4 is 5.32 Å². The predicted octanol–water partition coefficient (Wildman–Crippen LogP) is 5.29. The van der Waals surface area contributed by atoms with Crippen molar-refractivity contribution in [1.29, 1.82) is 0 Å². The Bertz CT molecular complexity index is 805. The fourth-order valence-corrected chi connectivity index (χ4v) is 2.49. The number of nitrogens with zero attached hydrogens (tertiary/aromatic N) is 1. The molecule has 106 valence electrons. The van der Waals surface area contributed by atoms with Crippen molar-refractivity contribution >= 4 is 39.8 Å². The minimum absolute atomic E-state index is 0.126. The van der Waals surface area contributed by atoms with Gasteiger partial charge in [0.1, 0.15) is 5.82 Å². The van der Waals surface area contributed by atoms with E-state index < -0.39 is 5.82 Å². The lowest BCUT2D eigenvalue weighted by atomic mass is 10.1. The topological polar surface area (TPSA) is 24.9 Å². The van der Waals surface area contributed by atoms with Crippen molar-refractivity contribution in [2.75, 3.05) is 5.32 Å². The molecule has 0 amide bonds. The van der Waals surface area contributed by atoms with Crippen molar-refractivity contribution in [3.05, 3.63) is 70.1 Å². The van der Waals surface area contributed by atoms with Crippen LogP contribution in [0.25, 0.3) is 10.9 Å². The summed E-state index contributed by atoms with van der Waals surface area (Å²) in [6, 6.07) is 12.1. The first-order valence-electron chi connectivity index (χ1n) is 6.35. The van der Waals surface area contributed by atoms with E-state index in [0.29, 0.717) is 11.6 Å². The third kappa shape index (κ3) is 3.09. The quantitative estimate of drug-likeness (QED) is 0.709. The summed E-state index contributed by atoms with van der Waals surface area (Å²) in [5.74, 6) is -0.413. The third-order valence-electron chi connectivity index (χ3n) is 3.17. The molecule has 0 aliphatic carbocycles. The Balaban J connectivity index is 1.86. The van der Waals surface area contributed by atoms with Crippen molar-refractivity contribution in [1.82, 2.24) is 4.98 Å². The largest absolute Gasteiger partial charge is 0.380 e. The van der Waals surface area contributed by atoms with E-state index in [9.17, 15) is 4.39 Å². The van der Waals surface area contributed by atoms with Gasteiger partial charge in [0.2, 0.25) is 0 Å². The molecule has 1 heterocycles. The molecule has 0 saturated carbocycles. The summed E-state index contributed by atoms with van der Waals surface area (Å²) in [4.78, 5) is 4.29. The molecule has 5 heteroatoms. The zero-order valence-corrected chi connectivity index (χ0v) is 12.4. The van der Waals surface area contributed by atoms with Crippen LogP contribution in [0.3, 0.4) is 0 Å². The van der Waals surface area contributed by atoms with Gasteiger partial charge in [-0.1, -0.05) is 29.3 Å². The second kappa shape index (κ2) is 5.88. The van der Waals surface area contributed by atoms with Gasteiger partial charge in [-0.05, 0) is 42.0 Å². The number of pyridine rings is 1. The Labute approximate surface area is 131 Å². The minimum Gasteiger partial charge on any atom is -0.380 e. The van der Waals surface area contributed by atoms with Gasteiger partial charge in [0.15, 0.2) is 0 Å². The normalized spacial score (nSPS) is 10.8. The van der Waals surface area contributed by atoms with Crippen molar-refractivity contribution < 1.29 is 4.39 Å². The van der Waals surface area contributed by atoms with Crippen molar-refractivity contribution in [3.8, 4) is 0 Å². The molecule has 0 fully saturated rings. The Kier molecular flexibility index (Phi) is 3.95. The first kappa shape index (κ1) is 14.1. The van der Waals surface area contributed by atoms with E-state index in [0.717, 1.165) is 22.2 Å². The van der Waals surface area contributed by atoms with E-state index in [-0.39, 0.29) is 5.02 Å². The zero-order valence-electron chi connectivity index (χ0n) is 10.9. The van der Waals surface area contributed by atoms with Gasteiger partial charge >= 0.3 is 0 Å². The Morgan fingerprint density at radius 3 is 2.71 bits per heavy atom. The number of aromatic nitrogens is 1. The van der Waals surface area contributed by atoms with Crippen LogP contribution in [0.1, 0.15) is 5.56 Å². The van der Waals surface area contributed by atoms with E-state index >= 15 is 0 Å². The van der Waals surface area contributed by atoms with Crippen LogP contribution in [0.4, 0.5) is 10.1 Å². The molecule has 0 unspecified atom stereocenters. The molecule has 0 saturated heterocycles. The number of nitrogens with one attached hydrogen (secondary N) is 1. The average Bonchev–Trinajstić information content (AvgIpc) is 2.48. The van der Waals surface area contributed by atoms with Crippen LogP contribution >= 0.6 is 23.2 Å². The van der Waals surface area contributed by atoms with Crippen LogP contribution in [-0.2, 0) is 6.54 Å². The van der Waals surface area contributed by atoms with E-state index in [1.807, 2.05) is 24.3 Å². The van der Waals surface area contributed by atoms with Crippen LogP contribution in [0, 0.1) is 5.82 Å². The third-order valence-corrected chi connectivity index (χ3v) is 3.70. The monoisotopic (exact) mass is 320 g/mol. The summed E-state index contributed by atoms with van der Waals surface area (Å²) in [6.45, 7) is 0.543. The van der Waals surface area contributed by atoms with Gasteiger partial charge in [0.25, 0.3) is 0 Å². The smallest absolute Gasteiger partial charge is 0.141 e. The first-order chi connectivity index (χ1) is 10.1. The molecule has 3 aromatic rings. The van der Waals surface area contributed by atoms with E-state index in [4.69, 9.17) is 23.2 Å². The molecule has 2 nitrogen and oxygen atoms in total. The minimum atomic E-state index is -0.413. The molecule has 0 aliphatic heterocycles. The summed E-state index contributed by atoms with van der Waals surface area (Å²) in [6.07, 6.45) is 1.72. The molecule has 3 rings (SSSR count). The molecule has 0 bridgehead atoms. The fraction of sp³-hybridized carbons (Fsp3) is 0.0625. The number of anilines is 1. The van der Waals surface area contributed by atoms with Gasteiger partial charge in [-0.25, -0.2) is 4.39 Å². The summed E-state index contributed by atoms with van der Waals surface area (Å²) in [7, 11) is 0. The maximum atomic E-state index is 13.1. The number of benzene rings is 2. The standard InChI is InChI=1S/C16H11Cl2FN2/c17-11-2-3-12-15(5-6-20-16(12)8-11)21-9-10-1-4-14(19)13(18)7-10/h1-8H,9H2,(H,20,21). The highest BCUT2D eigenvalue weighted by Gasteiger charge is 2.04. The Hall–Kier alpha value is -1.84. The van der Waals surface area contributed by atoms with Gasteiger partial charge in [-0.3, -0.25) is 4.98 Å². The number of fused-ring (bicyclic) bond motifs is 1. The highest BCUT2D eigenvalue weighted by molar-refractivity contribution is 6.31. The molecule has 0 atom stereocenters. The fourth-order valence-electron chi connectivity index (χ4n) is 2.12. The maximum absolute atomic E-state index is 13.1. The molecule has 0 aliphatic rings. The predicted molar refractivity (Wildman–Crippen MR) is 85.5 cm³/mol. The van der Waals surface area contributed by atoms with E-state index in [2.05, 4.69) is 10.3 Å². The second-order valence-electron chi connectivity index (χ2n) is 4.62. The first-order valence-corrected chi connectivity index (χ1v) is 7.11. The summed E-state index contributed by atoms with van der Waals surface area (Å²) < 4.78 is 13.1. The van der Waals surface area contributed by atoms with Crippen molar-refractivity contribution in [3.63, 3.8) is 0 Å². The number of hydrogen-bond acceptors (Lipinski definition) is 2. The molecule has 0 radical (unpaired) electrons. The van der Waals surface area contributed by atoms with Gasteiger partial charge in [-0.2, -0.15) is 0 Å². The van der Waals surface area contributed by atoms with Crippen LogP contribution in [0.5, 0.6) is 0 Å². The summed E-state index contributed by atoms with van der Waals surface area (Å²) >= 11 is 11.7. The number of rotatable bonds is 3. The molecular formula is C16H11Cl2FN2. The second-order valence-corrected chi connectivity index (χ2v) is 5.47. The van der Waals surface area contributed by atoms with Gasteiger partial charge in [-0.15, -0.1) is 0 Å². The van der Waals surface area contributed by atoms with Crippen molar-refractivity contribution in [2.45, 2.75) is 6.54 Å². The lowest BCUT2D eigenvalue weighted by Gasteiger charge is -2.10. The van der Waals surface area contributed by atoms with E-state index in [1.165, 1.54) is 6.07 Å². The molecule has 1 aromatic heterocycles. The maximum Gasteiger partial charge on any atom is 0.141 e. The van der Waals surface area contributed by atoms with Gasteiger partial charge < -0.3 is 5.32 Å². The Morgan fingerprint density at radius 1 is 1.05 bits per heavy atom. The molecule has 0 spiro atoms. The molecular weight excluding hydrogens is 310 g/mol. The SMILES string of the molecule is Fc1ccc(CNc2ccnc3cc(Cl)ccc23)cc1Cl. The molecule has 2 aromatic carbocycles. The molecule has 21 heavy (non-hydrogen) atoms.